The number of rotatable bonds is 10. The van der Waals surface area contributed by atoms with Gasteiger partial charge < -0.3 is 38.5 Å². The average Bonchev–Trinajstić information content (AvgIpc) is 3.79. The lowest BCUT2D eigenvalue weighted by Crippen LogP contribution is -2.51. The van der Waals surface area contributed by atoms with E-state index < -0.39 is 23.7 Å². The molecule has 2 saturated heterocycles. The van der Waals surface area contributed by atoms with Crippen molar-refractivity contribution in [2.45, 2.75) is 50.6 Å². The van der Waals surface area contributed by atoms with E-state index in [2.05, 4.69) is 9.97 Å². The molecule has 0 saturated carbocycles. The highest BCUT2D eigenvalue weighted by Gasteiger charge is 2.61. The zero-order valence-corrected chi connectivity index (χ0v) is 29.0. The number of hydrogen-bond donors (Lipinski definition) is 0. The molecular formula is C30H38Cl2N8O8. The van der Waals surface area contributed by atoms with E-state index in [0.29, 0.717) is 61.2 Å². The van der Waals surface area contributed by atoms with Crippen LogP contribution in [-0.2, 0) is 32.0 Å². The van der Waals surface area contributed by atoms with E-state index in [1.165, 1.54) is 28.4 Å². The number of pyridine rings is 2. The van der Waals surface area contributed by atoms with Gasteiger partial charge in [0.25, 0.3) is 0 Å². The van der Waals surface area contributed by atoms with Crippen molar-refractivity contribution >= 4 is 23.2 Å². The summed E-state index contributed by atoms with van der Waals surface area (Å²) in [5, 5.41) is 24.2. The summed E-state index contributed by atoms with van der Waals surface area (Å²) in [7, 11) is 6.00. The third-order valence-electron chi connectivity index (χ3n) is 9.31. The Kier molecular flexibility index (Phi) is 10.3. The SMILES string of the molecule is CO[C@@H]1C([N+](=O)[O-])=C2N(Cc3ccc(Cl)nc3)CCN2[C@@]1(C)OC.CO[C@@H]1C([N+](=O)[O-])=C2N(Cc3ccc(Cl)nc3)CCN2[C@@]1(C)OC. The Morgan fingerprint density at radius 3 is 1.38 bits per heavy atom. The quantitative estimate of drug-likeness (QED) is 0.201. The molecule has 6 rings (SSSR count). The summed E-state index contributed by atoms with van der Waals surface area (Å²) in [4.78, 5) is 38.5. The first-order valence-corrected chi connectivity index (χ1v) is 15.8. The number of halogens is 2. The van der Waals surface area contributed by atoms with Crippen molar-refractivity contribution in [1.29, 1.82) is 0 Å². The van der Waals surface area contributed by atoms with Crippen molar-refractivity contribution in [2.75, 3.05) is 54.6 Å². The third kappa shape index (κ3) is 6.12. The zero-order chi connectivity index (χ0) is 35.0. The summed E-state index contributed by atoms with van der Waals surface area (Å²) in [5.41, 5.74) is 0.106. The van der Waals surface area contributed by atoms with Gasteiger partial charge >= 0.3 is 11.4 Å². The van der Waals surface area contributed by atoms with Crippen LogP contribution in [0.15, 0.2) is 59.7 Å². The van der Waals surface area contributed by atoms with Crippen molar-refractivity contribution in [2.24, 2.45) is 0 Å². The minimum absolute atomic E-state index is 0.0290. The molecule has 4 atom stereocenters. The molecule has 0 amide bonds. The van der Waals surface area contributed by atoms with Crippen LogP contribution in [-0.4, -0.2) is 118 Å². The van der Waals surface area contributed by atoms with Crippen molar-refractivity contribution in [3.8, 4) is 0 Å². The molecule has 0 bridgehead atoms. The second-order valence-corrected chi connectivity index (χ2v) is 12.6. The first kappa shape index (κ1) is 35.5. The van der Waals surface area contributed by atoms with Crippen molar-refractivity contribution in [1.82, 2.24) is 29.6 Å². The van der Waals surface area contributed by atoms with Gasteiger partial charge in [0.15, 0.2) is 35.3 Å². The molecule has 6 heterocycles. The summed E-state index contributed by atoms with van der Waals surface area (Å²) in [6, 6.07) is 7.14. The Bertz CT molecular complexity index is 1480. The van der Waals surface area contributed by atoms with Gasteiger partial charge in [0.1, 0.15) is 10.3 Å². The molecule has 0 unspecified atom stereocenters. The molecule has 16 nitrogen and oxygen atoms in total. The monoisotopic (exact) mass is 708 g/mol. The fourth-order valence-electron chi connectivity index (χ4n) is 6.89. The van der Waals surface area contributed by atoms with Gasteiger partial charge in [-0.2, -0.15) is 0 Å². The number of nitrogens with zero attached hydrogens (tertiary/aromatic N) is 8. The summed E-state index contributed by atoms with van der Waals surface area (Å²) in [5.74, 6) is 1.09. The van der Waals surface area contributed by atoms with Gasteiger partial charge in [-0.05, 0) is 37.1 Å². The Balaban J connectivity index is 0.000000188. The molecule has 2 aromatic rings. The van der Waals surface area contributed by atoms with Crippen LogP contribution < -0.4 is 0 Å². The van der Waals surface area contributed by atoms with Crippen LogP contribution in [0, 0.1) is 20.2 Å². The van der Waals surface area contributed by atoms with Gasteiger partial charge in [-0.25, -0.2) is 9.97 Å². The largest absolute Gasteiger partial charge is 0.365 e. The number of nitro groups is 2. The lowest BCUT2D eigenvalue weighted by Gasteiger charge is -2.36. The van der Waals surface area contributed by atoms with Gasteiger partial charge in [0.05, 0.1) is 9.85 Å². The van der Waals surface area contributed by atoms with Crippen LogP contribution in [0.2, 0.25) is 10.3 Å². The zero-order valence-electron chi connectivity index (χ0n) is 27.5. The van der Waals surface area contributed by atoms with Crippen LogP contribution in [0.4, 0.5) is 0 Å². The van der Waals surface area contributed by atoms with E-state index >= 15 is 0 Å². The number of hydrogen-bond acceptors (Lipinski definition) is 14. The topological polar surface area (TPSA) is 162 Å². The highest BCUT2D eigenvalue weighted by molar-refractivity contribution is 6.29. The number of ether oxygens (including phenoxy) is 4. The van der Waals surface area contributed by atoms with E-state index in [4.69, 9.17) is 42.1 Å². The van der Waals surface area contributed by atoms with Gasteiger partial charge in [0, 0.05) is 80.1 Å². The lowest BCUT2D eigenvalue weighted by atomic mass is 10.1. The molecule has 4 aliphatic rings. The van der Waals surface area contributed by atoms with E-state index in [1.54, 1.807) is 24.5 Å². The van der Waals surface area contributed by atoms with Gasteiger partial charge in [-0.3, -0.25) is 20.2 Å². The van der Waals surface area contributed by atoms with Crippen molar-refractivity contribution in [3.05, 3.63) is 101 Å². The van der Waals surface area contributed by atoms with Gasteiger partial charge in [0.2, 0.25) is 0 Å². The maximum atomic E-state index is 11.7. The Labute approximate surface area is 287 Å². The molecule has 260 valence electrons. The highest BCUT2D eigenvalue weighted by atomic mass is 35.5. The van der Waals surface area contributed by atoms with Crippen LogP contribution in [0.5, 0.6) is 0 Å². The smallest absolute Gasteiger partial charge is 0.319 e. The molecule has 0 aliphatic carbocycles. The van der Waals surface area contributed by atoms with E-state index in [0.717, 1.165) is 11.1 Å². The predicted octanol–water partition coefficient (Wildman–Crippen LogP) is 3.38. The second kappa shape index (κ2) is 14.0. The Morgan fingerprint density at radius 2 is 1.10 bits per heavy atom. The molecule has 2 fully saturated rings. The fourth-order valence-corrected chi connectivity index (χ4v) is 7.12. The predicted molar refractivity (Wildman–Crippen MR) is 173 cm³/mol. The molecule has 0 spiro atoms. The van der Waals surface area contributed by atoms with E-state index in [1.807, 2.05) is 45.6 Å². The molecule has 0 radical (unpaired) electrons. The highest BCUT2D eigenvalue weighted by Crippen LogP contribution is 2.45. The summed E-state index contributed by atoms with van der Waals surface area (Å²) < 4.78 is 22.1. The molecule has 4 aliphatic heterocycles. The van der Waals surface area contributed by atoms with Crippen LogP contribution in [0.3, 0.4) is 0 Å². The third-order valence-corrected chi connectivity index (χ3v) is 9.76. The van der Waals surface area contributed by atoms with Gasteiger partial charge in [-0.15, -0.1) is 0 Å². The Hall–Kier alpha value is -3.80. The first-order valence-electron chi connectivity index (χ1n) is 15.0. The summed E-state index contributed by atoms with van der Waals surface area (Å²) in [6.45, 7) is 7.19. The van der Waals surface area contributed by atoms with Crippen molar-refractivity contribution in [3.63, 3.8) is 0 Å². The standard InChI is InChI=1S/2C15H19ClN4O4/c2*1-15(24-3)13(23-2)12(20(21)22)14-18(6-7-19(14)15)9-10-4-5-11(16)17-8-10/h2*4-5,8,13H,6-7,9H2,1-3H3/t2*13-,15+/m11/s1. The molecule has 18 heteroatoms. The molecule has 0 N–H and O–H groups in total. The minimum atomic E-state index is -0.903. The first-order chi connectivity index (χ1) is 22.8. The number of aromatic nitrogens is 2. The number of fused-ring (bicyclic) bond motifs is 2. The minimum Gasteiger partial charge on any atom is -0.365 e. The molecular weight excluding hydrogens is 671 g/mol. The van der Waals surface area contributed by atoms with Crippen molar-refractivity contribution < 1.29 is 28.8 Å². The molecule has 0 aromatic carbocycles. The normalized spacial score (nSPS) is 26.2. The fraction of sp³-hybridized carbons (Fsp3) is 0.533. The van der Waals surface area contributed by atoms with Crippen LogP contribution >= 0.6 is 23.2 Å². The second-order valence-electron chi connectivity index (χ2n) is 11.8. The molecule has 2 aromatic heterocycles. The van der Waals surface area contributed by atoms with Crippen LogP contribution in [0.1, 0.15) is 25.0 Å². The van der Waals surface area contributed by atoms with Gasteiger partial charge in [-0.1, -0.05) is 35.3 Å². The Morgan fingerprint density at radius 1 is 0.729 bits per heavy atom. The lowest BCUT2D eigenvalue weighted by molar-refractivity contribution is -0.440. The molecule has 48 heavy (non-hydrogen) atoms. The maximum Gasteiger partial charge on any atom is 0.319 e. The number of methoxy groups -OCH3 is 4. The average molecular weight is 710 g/mol. The summed E-state index contributed by atoms with van der Waals surface area (Å²) >= 11 is 11.6. The summed E-state index contributed by atoms with van der Waals surface area (Å²) in [6.07, 6.45) is 1.82. The maximum absolute atomic E-state index is 11.7. The van der Waals surface area contributed by atoms with E-state index in [9.17, 15) is 20.2 Å². The van der Waals surface area contributed by atoms with Crippen LogP contribution in [0.25, 0.3) is 0 Å². The van der Waals surface area contributed by atoms with E-state index in [-0.39, 0.29) is 21.2 Å².